The third-order valence-corrected chi connectivity index (χ3v) is 5.65. The highest BCUT2D eigenvalue weighted by atomic mass is 19.3. The van der Waals surface area contributed by atoms with Crippen LogP contribution in [0.4, 0.5) is 14.6 Å². The van der Waals surface area contributed by atoms with Gasteiger partial charge in [0.1, 0.15) is 5.82 Å². The van der Waals surface area contributed by atoms with E-state index in [-0.39, 0.29) is 17.4 Å². The van der Waals surface area contributed by atoms with Crippen molar-refractivity contribution in [3.8, 4) is 28.8 Å². The number of rotatable bonds is 5. The second kappa shape index (κ2) is 7.15. The van der Waals surface area contributed by atoms with Crippen molar-refractivity contribution in [1.29, 1.82) is 0 Å². The number of hydrogen-bond donors (Lipinski definition) is 1. The van der Waals surface area contributed by atoms with Gasteiger partial charge in [0.05, 0.1) is 23.9 Å². The lowest BCUT2D eigenvalue weighted by Crippen LogP contribution is -2.28. The lowest BCUT2D eigenvalue weighted by Gasteiger charge is -2.16. The van der Waals surface area contributed by atoms with Gasteiger partial charge < -0.3 is 19.5 Å². The summed E-state index contributed by atoms with van der Waals surface area (Å²) in [7, 11) is 1.54. The summed E-state index contributed by atoms with van der Waals surface area (Å²) < 4.78 is 40.8. The maximum atomic E-state index is 13.3. The Hall–Kier alpha value is -3.75. The average Bonchev–Trinajstić information content (AvgIpc) is 3.52. The number of aromatic nitrogens is 2. The molecule has 1 aromatic carbocycles. The minimum atomic E-state index is -3.70. The fraction of sp³-hybridized carbons (Fsp3) is 0.261. The quantitative estimate of drug-likeness (QED) is 0.633. The molecule has 0 radical (unpaired) electrons. The minimum absolute atomic E-state index is 0.0504. The molecule has 1 saturated carbocycles. The van der Waals surface area contributed by atoms with Crippen LogP contribution in [0.25, 0.3) is 11.4 Å². The zero-order chi connectivity index (χ0) is 22.5. The third-order valence-electron chi connectivity index (χ3n) is 5.65. The Morgan fingerprint density at radius 2 is 1.84 bits per heavy atom. The van der Waals surface area contributed by atoms with Gasteiger partial charge in [-0.2, -0.15) is 0 Å². The molecule has 0 atom stereocenters. The van der Waals surface area contributed by atoms with Gasteiger partial charge >= 0.3 is 6.29 Å². The van der Waals surface area contributed by atoms with E-state index in [0.29, 0.717) is 41.5 Å². The number of nitrogens with zero attached hydrogens (tertiary/aromatic N) is 2. The van der Waals surface area contributed by atoms with Crippen molar-refractivity contribution in [3.63, 3.8) is 0 Å². The highest BCUT2D eigenvalue weighted by Gasteiger charge is 2.53. The molecule has 3 heterocycles. The number of fused-ring (bicyclic) bond motifs is 1. The second-order valence-electron chi connectivity index (χ2n) is 7.79. The van der Waals surface area contributed by atoms with E-state index in [1.165, 1.54) is 19.2 Å². The molecule has 2 aromatic heterocycles. The predicted octanol–water partition coefficient (Wildman–Crippen LogP) is 4.45. The number of hydrogen-bond acceptors (Lipinski definition) is 6. The standard InChI is InChI=1S/C23H19F2N3O4/c1-13-6-9-18(27-20(13)15-4-3-5-19(26-15)30-2)28-21(29)22(10-11-22)14-7-8-16-17(12-14)32-23(24,25)31-16/h3-9,12H,10-11H2,1-2H3,(H,27,28,29). The Balaban J connectivity index is 1.40. The van der Waals surface area contributed by atoms with Gasteiger partial charge in [0.25, 0.3) is 0 Å². The van der Waals surface area contributed by atoms with Crippen LogP contribution in [0.2, 0.25) is 0 Å². The molecule has 1 fully saturated rings. The number of carbonyl (C=O) groups excluding carboxylic acids is 1. The topological polar surface area (TPSA) is 82.6 Å². The molecule has 2 aliphatic rings. The van der Waals surface area contributed by atoms with Gasteiger partial charge in [-0.3, -0.25) is 4.79 Å². The van der Waals surface area contributed by atoms with E-state index >= 15 is 0 Å². The highest BCUT2D eigenvalue weighted by molar-refractivity contribution is 6.01. The van der Waals surface area contributed by atoms with Crippen LogP contribution in [-0.4, -0.2) is 29.3 Å². The molecule has 0 unspecified atom stereocenters. The summed E-state index contributed by atoms with van der Waals surface area (Å²) in [6, 6.07) is 13.4. The first-order chi connectivity index (χ1) is 15.3. The summed E-state index contributed by atoms with van der Waals surface area (Å²) in [6.45, 7) is 1.90. The number of carbonyl (C=O) groups is 1. The minimum Gasteiger partial charge on any atom is -0.481 e. The second-order valence-corrected chi connectivity index (χ2v) is 7.79. The Morgan fingerprint density at radius 3 is 2.59 bits per heavy atom. The molecule has 0 bridgehead atoms. The summed E-state index contributed by atoms with van der Waals surface area (Å²) in [4.78, 5) is 22.1. The van der Waals surface area contributed by atoms with Crippen molar-refractivity contribution >= 4 is 11.7 Å². The number of benzene rings is 1. The van der Waals surface area contributed by atoms with E-state index in [9.17, 15) is 13.6 Å². The molecule has 1 N–H and O–H groups in total. The fourth-order valence-corrected chi connectivity index (χ4v) is 3.77. The number of anilines is 1. The summed E-state index contributed by atoms with van der Waals surface area (Å²) in [5, 5.41) is 2.86. The lowest BCUT2D eigenvalue weighted by atomic mass is 9.94. The summed E-state index contributed by atoms with van der Waals surface area (Å²) >= 11 is 0. The maximum absolute atomic E-state index is 13.3. The van der Waals surface area contributed by atoms with Crippen LogP contribution in [0.3, 0.4) is 0 Å². The first-order valence-corrected chi connectivity index (χ1v) is 10.0. The smallest absolute Gasteiger partial charge is 0.481 e. The summed E-state index contributed by atoms with van der Waals surface area (Å²) in [5.74, 6) is 0.447. The Kier molecular flexibility index (Phi) is 4.51. The third kappa shape index (κ3) is 3.49. The molecule has 1 aliphatic carbocycles. The number of halogens is 2. The van der Waals surface area contributed by atoms with E-state index in [1.54, 1.807) is 18.2 Å². The first kappa shape index (κ1) is 20.2. The number of amides is 1. The number of ether oxygens (including phenoxy) is 3. The van der Waals surface area contributed by atoms with E-state index in [2.05, 4.69) is 24.8 Å². The molecule has 32 heavy (non-hydrogen) atoms. The van der Waals surface area contributed by atoms with E-state index in [4.69, 9.17) is 4.74 Å². The Bertz CT molecular complexity index is 1230. The van der Waals surface area contributed by atoms with Crippen molar-refractivity contribution in [1.82, 2.24) is 9.97 Å². The monoisotopic (exact) mass is 439 g/mol. The van der Waals surface area contributed by atoms with Crippen LogP contribution in [0.1, 0.15) is 24.0 Å². The van der Waals surface area contributed by atoms with Crippen molar-refractivity contribution in [2.75, 3.05) is 12.4 Å². The van der Waals surface area contributed by atoms with Crippen molar-refractivity contribution in [2.45, 2.75) is 31.5 Å². The van der Waals surface area contributed by atoms with Gasteiger partial charge in [-0.05, 0) is 55.2 Å². The SMILES string of the molecule is COc1cccc(-c2nc(NC(=O)C3(c4ccc5c(c4)OC(F)(F)O5)CC3)ccc2C)n1. The molecule has 1 amide bonds. The van der Waals surface area contributed by atoms with Crippen LogP contribution < -0.4 is 19.5 Å². The molecule has 0 spiro atoms. The lowest BCUT2D eigenvalue weighted by molar-refractivity contribution is -0.286. The first-order valence-electron chi connectivity index (χ1n) is 10.0. The van der Waals surface area contributed by atoms with E-state index < -0.39 is 11.7 Å². The van der Waals surface area contributed by atoms with Crippen LogP contribution in [-0.2, 0) is 10.2 Å². The molecule has 5 rings (SSSR count). The molecule has 164 valence electrons. The molecule has 9 heteroatoms. The molecule has 0 saturated heterocycles. The highest BCUT2D eigenvalue weighted by Crippen LogP contribution is 2.52. The number of alkyl halides is 2. The molecular formula is C23H19F2N3O4. The summed E-state index contributed by atoms with van der Waals surface area (Å²) in [5.41, 5.74) is 1.91. The Labute approximate surface area is 182 Å². The van der Waals surface area contributed by atoms with Gasteiger partial charge in [0.15, 0.2) is 11.5 Å². The normalized spacial score (nSPS) is 17.0. The molecule has 1 aliphatic heterocycles. The largest absolute Gasteiger partial charge is 0.586 e. The van der Waals surface area contributed by atoms with Crippen LogP contribution in [0.15, 0.2) is 48.5 Å². The molecular weight excluding hydrogens is 420 g/mol. The zero-order valence-corrected chi connectivity index (χ0v) is 17.3. The van der Waals surface area contributed by atoms with Gasteiger partial charge in [-0.1, -0.05) is 18.2 Å². The van der Waals surface area contributed by atoms with Crippen molar-refractivity contribution in [2.24, 2.45) is 0 Å². The fourth-order valence-electron chi connectivity index (χ4n) is 3.77. The van der Waals surface area contributed by atoms with Gasteiger partial charge in [0, 0.05) is 6.07 Å². The van der Waals surface area contributed by atoms with Gasteiger partial charge in [-0.25, -0.2) is 9.97 Å². The van der Waals surface area contributed by atoms with Crippen LogP contribution in [0.5, 0.6) is 17.4 Å². The van der Waals surface area contributed by atoms with Crippen LogP contribution >= 0.6 is 0 Å². The molecule has 7 nitrogen and oxygen atoms in total. The van der Waals surface area contributed by atoms with Crippen molar-refractivity contribution < 1.29 is 27.8 Å². The van der Waals surface area contributed by atoms with E-state index in [0.717, 1.165) is 5.56 Å². The van der Waals surface area contributed by atoms with Crippen molar-refractivity contribution in [3.05, 3.63) is 59.7 Å². The predicted molar refractivity (Wildman–Crippen MR) is 111 cm³/mol. The average molecular weight is 439 g/mol. The summed E-state index contributed by atoms with van der Waals surface area (Å²) in [6.07, 6.45) is -2.52. The number of pyridine rings is 2. The number of nitrogens with one attached hydrogen (secondary N) is 1. The number of methoxy groups -OCH3 is 1. The Morgan fingerprint density at radius 1 is 1.06 bits per heavy atom. The number of aryl methyl sites for hydroxylation is 1. The maximum Gasteiger partial charge on any atom is 0.586 e. The zero-order valence-electron chi connectivity index (χ0n) is 17.3. The molecule has 3 aromatic rings. The van der Waals surface area contributed by atoms with Gasteiger partial charge in [0.2, 0.25) is 11.8 Å². The van der Waals surface area contributed by atoms with Crippen LogP contribution in [0, 0.1) is 6.92 Å². The van der Waals surface area contributed by atoms with Gasteiger partial charge in [-0.15, -0.1) is 8.78 Å². The van der Waals surface area contributed by atoms with E-state index in [1.807, 2.05) is 25.1 Å².